The highest BCUT2D eigenvalue weighted by molar-refractivity contribution is 7.47. The average molecular weight is 572 g/mol. The van der Waals surface area contributed by atoms with E-state index in [4.69, 9.17) is 9.26 Å². The summed E-state index contributed by atoms with van der Waals surface area (Å²) in [5.41, 5.74) is 0. The van der Waals surface area contributed by atoms with Gasteiger partial charge in [-0.2, -0.15) is 0 Å². The number of ether oxygens (including phenoxy) is 1. The highest BCUT2D eigenvalue weighted by Gasteiger charge is 2.23. The Morgan fingerprint density at radius 3 is 1.97 bits per heavy atom. The molecule has 0 bridgehead atoms. The molecule has 224 valence electrons. The first-order valence-electron chi connectivity index (χ1n) is 14.1. The van der Waals surface area contributed by atoms with Gasteiger partial charge in [0.25, 0.3) is 0 Å². The Kier molecular flexibility index (Phi) is 24.8. The van der Waals surface area contributed by atoms with Gasteiger partial charge in [-0.25, -0.2) is 4.57 Å². The first-order chi connectivity index (χ1) is 18.8. The molecule has 39 heavy (non-hydrogen) atoms. The van der Waals surface area contributed by atoms with Crippen LogP contribution in [0.1, 0.15) is 90.9 Å². The third-order valence-corrected chi connectivity index (χ3v) is 6.22. The van der Waals surface area contributed by atoms with Crippen LogP contribution in [0.15, 0.2) is 48.6 Å². The molecule has 2 atom stereocenters. The molecule has 0 aliphatic heterocycles. The summed E-state index contributed by atoms with van der Waals surface area (Å²) in [6.07, 6.45) is 26.3. The SMILES string of the molecule is CCCCC/C=C\C/C=C\C/C=C\C/C=C\CCCC(=O)OCC(O)COP(=O)(O)OCCNC(=O)CCC. The number of amides is 1. The third kappa shape index (κ3) is 27.3. The third-order valence-electron chi connectivity index (χ3n) is 5.23. The van der Waals surface area contributed by atoms with Crippen LogP contribution in [0.5, 0.6) is 0 Å². The summed E-state index contributed by atoms with van der Waals surface area (Å²) in [6.45, 7) is 3.04. The molecule has 0 heterocycles. The molecule has 0 radical (unpaired) electrons. The number of phosphoric acid groups is 1. The lowest BCUT2D eigenvalue weighted by Gasteiger charge is -2.15. The number of esters is 1. The average Bonchev–Trinajstić information content (AvgIpc) is 2.90. The molecule has 0 aromatic heterocycles. The van der Waals surface area contributed by atoms with Gasteiger partial charge in [0.2, 0.25) is 5.91 Å². The lowest BCUT2D eigenvalue weighted by molar-refractivity contribution is -0.147. The second-order valence-electron chi connectivity index (χ2n) is 9.02. The van der Waals surface area contributed by atoms with Gasteiger partial charge in [-0.3, -0.25) is 18.6 Å². The van der Waals surface area contributed by atoms with Gasteiger partial charge in [0.05, 0.1) is 13.2 Å². The molecule has 0 aliphatic carbocycles. The minimum absolute atomic E-state index is 0.0635. The number of hydrogen-bond acceptors (Lipinski definition) is 7. The molecule has 0 saturated heterocycles. The molecule has 0 fully saturated rings. The van der Waals surface area contributed by atoms with Crippen LogP contribution in [-0.4, -0.2) is 54.3 Å². The molecule has 0 aromatic rings. The number of nitrogens with one attached hydrogen (secondary N) is 1. The van der Waals surface area contributed by atoms with Crippen molar-refractivity contribution in [1.82, 2.24) is 5.32 Å². The van der Waals surface area contributed by atoms with Crippen molar-refractivity contribution in [2.45, 2.75) is 97.0 Å². The van der Waals surface area contributed by atoms with Crippen molar-refractivity contribution in [2.75, 3.05) is 26.4 Å². The van der Waals surface area contributed by atoms with Crippen LogP contribution in [0.2, 0.25) is 0 Å². The number of unbranched alkanes of at least 4 members (excludes halogenated alkanes) is 4. The number of aliphatic hydroxyl groups is 1. The highest BCUT2D eigenvalue weighted by atomic mass is 31.2. The molecule has 3 N–H and O–H groups in total. The summed E-state index contributed by atoms with van der Waals surface area (Å²) in [5, 5.41) is 12.3. The quantitative estimate of drug-likeness (QED) is 0.0520. The van der Waals surface area contributed by atoms with Crippen LogP contribution in [-0.2, 0) is 27.9 Å². The number of allylic oxidation sites excluding steroid dienone is 8. The standard InChI is InChI=1S/C29H50NO8P/c1-3-5-6-7-8-9-10-11-12-13-14-15-16-17-18-19-20-22-29(33)36-25-27(31)26-38-39(34,35)37-24-23-30-28(32)21-4-2/h8-9,11-12,14-15,17-18,27,31H,3-7,10,13,16,19-26H2,1-2H3,(H,30,32)(H,34,35)/b9-8-,12-11-,15-14-,18-17-. The van der Waals surface area contributed by atoms with Crippen molar-refractivity contribution in [1.29, 1.82) is 0 Å². The molecule has 9 nitrogen and oxygen atoms in total. The number of carbonyl (C=O) groups excluding carboxylic acids is 2. The first-order valence-corrected chi connectivity index (χ1v) is 15.6. The molecule has 0 spiro atoms. The van der Waals surface area contributed by atoms with Gasteiger partial charge in [-0.1, -0.05) is 75.3 Å². The van der Waals surface area contributed by atoms with E-state index in [1.807, 2.05) is 13.0 Å². The Morgan fingerprint density at radius 2 is 1.38 bits per heavy atom. The topological polar surface area (TPSA) is 131 Å². The van der Waals surface area contributed by atoms with E-state index in [-0.39, 0.29) is 32.1 Å². The second-order valence-corrected chi connectivity index (χ2v) is 10.5. The molecule has 0 aromatic carbocycles. The van der Waals surface area contributed by atoms with Gasteiger partial charge >= 0.3 is 13.8 Å². The Hall–Kier alpha value is -2.03. The maximum Gasteiger partial charge on any atom is 0.472 e. The van der Waals surface area contributed by atoms with Gasteiger partial charge in [-0.15, -0.1) is 0 Å². The van der Waals surface area contributed by atoms with Crippen LogP contribution in [0.25, 0.3) is 0 Å². The number of hydrogen-bond donors (Lipinski definition) is 3. The number of phosphoric ester groups is 1. The number of aliphatic hydroxyl groups excluding tert-OH is 1. The van der Waals surface area contributed by atoms with E-state index in [9.17, 15) is 24.2 Å². The van der Waals surface area contributed by atoms with Gasteiger partial charge < -0.3 is 20.1 Å². The maximum absolute atomic E-state index is 11.8. The number of carbonyl (C=O) groups is 2. The van der Waals surface area contributed by atoms with Gasteiger partial charge in [0.1, 0.15) is 12.7 Å². The molecular formula is C29H50NO8P. The molecule has 0 saturated carbocycles. The zero-order valence-corrected chi connectivity index (χ0v) is 24.7. The van der Waals surface area contributed by atoms with E-state index >= 15 is 0 Å². The molecule has 10 heteroatoms. The van der Waals surface area contributed by atoms with Crippen molar-refractivity contribution >= 4 is 19.7 Å². The molecule has 1 amide bonds. The fourth-order valence-electron chi connectivity index (χ4n) is 3.12. The summed E-state index contributed by atoms with van der Waals surface area (Å²) in [5.74, 6) is -0.637. The zero-order valence-electron chi connectivity index (χ0n) is 23.8. The normalized spacial score (nSPS) is 14.5. The van der Waals surface area contributed by atoms with Crippen molar-refractivity contribution in [3.63, 3.8) is 0 Å². The van der Waals surface area contributed by atoms with Gasteiger partial charge in [0.15, 0.2) is 0 Å². The first kappa shape index (κ1) is 37.0. The van der Waals surface area contributed by atoms with Crippen molar-refractivity contribution < 1.29 is 37.9 Å². The fraction of sp³-hybridized carbons (Fsp3) is 0.655. The Labute approximate surface area is 235 Å². The molecule has 0 rings (SSSR count). The smallest absolute Gasteiger partial charge is 0.463 e. The molecular weight excluding hydrogens is 521 g/mol. The maximum atomic E-state index is 11.8. The Morgan fingerprint density at radius 1 is 0.795 bits per heavy atom. The fourth-order valence-corrected chi connectivity index (χ4v) is 3.88. The number of rotatable bonds is 25. The van der Waals surface area contributed by atoms with Crippen LogP contribution < -0.4 is 5.32 Å². The summed E-state index contributed by atoms with van der Waals surface area (Å²) >= 11 is 0. The van der Waals surface area contributed by atoms with E-state index in [0.717, 1.165) is 25.7 Å². The summed E-state index contributed by atoms with van der Waals surface area (Å²) in [4.78, 5) is 32.7. The Bertz CT molecular complexity index is 794. The van der Waals surface area contributed by atoms with E-state index in [2.05, 4.69) is 59.3 Å². The summed E-state index contributed by atoms with van der Waals surface area (Å²) < 4.78 is 26.2. The van der Waals surface area contributed by atoms with Crippen LogP contribution in [0.4, 0.5) is 0 Å². The summed E-state index contributed by atoms with van der Waals surface area (Å²) in [6, 6.07) is 0. The predicted octanol–water partition coefficient (Wildman–Crippen LogP) is 6.09. The minimum atomic E-state index is -4.39. The van der Waals surface area contributed by atoms with Crippen LogP contribution in [0, 0.1) is 0 Å². The summed E-state index contributed by atoms with van der Waals surface area (Å²) in [7, 11) is -4.39. The van der Waals surface area contributed by atoms with Gasteiger partial charge in [-0.05, 0) is 51.4 Å². The molecule has 0 aliphatic rings. The van der Waals surface area contributed by atoms with Crippen molar-refractivity contribution in [3.05, 3.63) is 48.6 Å². The predicted molar refractivity (Wildman–Crippen MR) is 155 cm³/mol. The van der Waals surface area contributed by atoms with Crippen LogP contribution in [0.3, 0.4) is 0 Å². The van der Waals surface area contributed by atoms with E-state index in [0.29, 0.717) is 19.3 Å². The largest absolute Gasteiger partial charge is 0.472 e. The lowest BCUT2D eigenvalue weighted by Crippen LogP contribution is -2.27. The van der Waals surface area contributed by atoms with Crippen LogP contribution >= 0.6 is 7.82 Å². The second kappa shape index (κ2) is 26.2. The lowest BCUT2D eigenvalue weighted by atomic mass is 10.2. The van der Waals surface area contributed by atoms with Gasteiger partial charge in [0, 0.05) is 19.4 Å². The monoisotopic (exact) mass is 571 g/mol. The van der Waals surface area contributed by atoms with Crippen molar-refractivity contribution in [2.24, 2.45) is 0 Å². The van der Waals surface area contributed by atoms with E-state index in [1.165, 1.54) is 25.7 Å². The van der Waals surface area contributed by atoms with Crippen molar-refractivity contribution in [3.8, 4) is 0 Å². The highest BCUT2D eigenvalue weighted by Crippen LogP contribution is 2.42. The zero-order chi connectivity index (χ0) is 29.0. The van der Waals surface area contributed by atoms with E-state index < -0.39 is 26.5 Å². The minimum Gasteiger partial charge on any atom is -0.463 e. The Balaban J connectivity index is 3.76. The molecule has 2 unspecified atom stereocenters. The van der Waals surface area contributed by atoms with E-state index in [1.54, 1.807) is 0 Å².